The molecule has 0 aliphatic heterocycles. The van der Waals surface area contributed by atoms with Crippen molar-refractivity contribution in [1.29, 1.82) is 0 Å². The lowest BCUT2D eigenvalue weighted by molar-refractivity contribution is -0.870. The first kappa shape index (κ1) is 76.7. The van der Waals surface area contributed by atoms with Gasteiger partial charge in [-0.05, 0) is 64.2 Å². The number of esters is 2. The molecule has 0 rings (SSSR count). The molecule has 0 spiro atoms. The molecular weight excluding hydrogens is 995 g/mol. The fourth-order valence-electron chi connectivity index (χ4n) is 9.60. The highest BCUT2D eigenvalue weighted by Gasteiger charge is 2.22. The molecule has 0 N–H and O–H groups in total. The third-order valence-corrected chi connectivity index (χ3v) is 14.7. The van der Waals surface area contributed by atoms with E-state index in [-0.39, 0.29) is 32.2 Å². The van der Waals surface area contributed by atoms with Gasteiger partial charge in [0.15, 0.2) is 12.4 Å². The molecule has 9 nitrogen and oxygen atoms in total. The number of ether oxygens (including phenoxy) is 4. The number of rotatable bonds is 62. The fourth-order valence-corrected chi connectivity index (χ4v) is 9.60. The summed E-state index contributed by atoms with van der Waals surface area (Å²) >= 11 is 0. The normalized spacial score (nSPS) is 13.2. The highest BCUT2D eigenvalue weighted by Crippen LogP contribution is 2.18. The number of carbonyl (C=O) groups excluding carboxylic acids is 3. The van der Waals surface area contributed by atoms with Crippen LogP contribution in [-0.2, 0) is 33.3 Å². The first-order valence-corrected chi connectivity index (χ1v) is 33.6. The van der Waals surface area contributed by atoms with E-state index in [4.69, 9.17) is 18.9 Å². The monoisotopic (exact) mass is 1120 g/mol. The number of unbranched alkanes of at least 4 members (excludes halogenated alkanes) is 35. The third kappa shape index (κ3) is 62.3. The average Bonchev–Trinajstić information content (AvgIpc) is 3.43. The van der Waals surface area contributed by atoms with E-state index in [0.717, 1.165) is 70.6 Å². The molecule has 0 aromatic carbocycles. The molecule has 9 heteroatoms. The topological polar surface area (TPSA) is 111 Å². The summed E-state index contributed by atoms with van der Waals surface area (Å²) in [5.41, 5.74) is 0. The molecule has 0 amide bonds. The van der Waals surface area contributed by atoms with Crippen LogP contribution in [0.1, 0.15) is 303 Å². The van der Waals surface area contributed by atoms with E-state index in [9.17, 15) is 19.5 Å². The molecule has 0 fully saturated rings. The van der Waals surface area contributed by atoms with Crippen LogP contribution < -0.4 is 5.11 Å². The first-order chi connectivity index (χ1) is 39.1. The Kier molecular flexibility index (Phi) is 59.3. The largest absolute Gasteiger partial charge is 0.545 e. The smallest absolute Gasteiger partial charge is 0.306 e. The van der Waals surface area contributed by atoms with Gasteiger partial charge in [-0.25, -0.2) is 0 Å². The number of allylic oxidation sites excluding steroid dienone is 12. The molecule has 0 heterocycles. The lowest BCUT2D eigenvalue weighted by Crippen LogP contribution is -2.44. The molecule has 0 radical (unpaired) electrons. The number of likely N-dealkylation sites (N-methyl/N-ethyl adjacent to an activating group) is 1. The van der Waals surface area contributed by atoms with Crippen LogP contribution in [0, 0.1) is 0 Å². The molecular formula is C71H127NO8. The van der Waals surface area contributed by atoms with E-state index >= 15 is 0 Å². The van der Waals surface area contributed by atoms with Crippen molar-refractivity contribution in [2.75, 3.05) is 47.5 Å². The number of hydrogen-bond acceptors (Lipinski definition) is 8. The Hall–Kier alpha value is -3.27. The van der Waals surface area contributed by atoms with Gasteiger partial charge < -0.3 is 33.3 Å². The standard InChI is InChI=1S/C71H127NO8/c1-6-8-10-12-14-16-18-20-22-24-25-26-27-28-29-30-31-32-33-34-35-36-37-38-39-40-41-42-43-44-45-46-48-50-52-54-56-58-60-62-69(74)80-67(66-79-71(70(75)76)77-64-63-72(3,4)5)65-78-68(73)61-59-57-55-53-51-49-47-23-21-19-17-15-13-11-9-7-2/h8,10,14,16,20,22,25-26,28-29,31-32,67,71H,6-7,9,11-13,15,17-19,21,23-24,27,30,33-66H2,1-5H3/b10-8-,16-14-,22-20-,26-25-,29-28-,32-31-. The van der Waals surface area contributed by atoms with Crippen LogP contribution in [0.15, 0.2) is 72.9 Å². The Morgan fingerprint density at radius 2 is 0.713 bits per heavy atom. The highest BCUT2D eigenvalue weighted by atomic mass is 16.7. The maximum Gasteiger partial charge on any atom is 0.306 e. The van der Waals surface area contributed by atoms with Crippen molar-refractivity contribution in [1.82, 2.24) is 0 Å². The van der Waals surface area contributed by atoms with E-state index in [1.807, 2.05) is 21.1 Å². The first-order valence-electron chi connectivity index (χ1n) is 33.6. The Morgan fingerprint density at radius 3 is 1.06 bits per heavy atom. The van der Waals surface area contributed by atoms with Crippen molar-refractivity contribution < 1.29 is 42.9 Å². The zero-order valence-corrected chi connectivity index (χ0v) is 52.9. The van der Waals surface area contributed by atoms with Crippen molar-refractivity contribution in [3.8, 4) is 0 Å². The summed E-state index contributed by atoms with van der Waals surface area (Å²) in [6, 6.07) is 0. The lowest BCUT2D eigenvalue weighted by Gasteiger charge is -2.26. The van der Waals surface area contributed by atoms with Gasteiger partial charge in [-0.15, -0.1) is 0 Å². The molecule has 2 atom stereocenters. The quantitative estimate of drug-likeness (QED) is 0.0195. The maximum atomic E-state index is 12.9. The number of hydrogen-bond donors (Lipinski definition) is 0. The van der Waals surface area contributed by atoms with Crippen LogP contribution >= 0.6 is 0 Å². The summed E-state index contributed by atoms with van der Waals surface area (Å²) in [6.07, 6.45) is 78.4. The van der Waals surface area contributed by atoms with Gasteiger partial charge in [0.1, 0.15) is 13.2 Å². The minimum atomic E-state index is -1.62. The van der Waals surface area contributed by atoms with Crippen LogP contribution in [-0.4, -0.2) is 82.3 Å². The third-order valence-electron chi connectivity index (χ3n) is 14.7. The van der Waals surface area contributed by atoms with E-state index in [0.29, 0.717) is 23.9 Å². The van der Waals surface area contributed by atoms with E-state index < -0.39 is 24.3 Å². The van der Waals surface area contributed by atoms with Gasteiger partial charge in [-0.2, -0.15) is 0 Å². The molecule has 0 aromatic heterocycles. The zero-order valence-electron chi connectivity index (χ0n) is 52.9. The van der Waals surface area contributed by atoms with Crippen LogP contribution in [0.25, 0.3) is 0 Å². The van der Waals surface area contributed by atoms with Crippen molar-refractivity contribution in [2.45, 2.75) is 315 Å². The summed E-state index contributed by atoms with van der Waals surface area (Å²) in [5, 5.41) is 11.8. The number of quaternary nitrogens is 1. The molecule has 464 valence electrons. The van der Waals surface area contributed by atoms with Gasteiger partial charge in [0, 0.05) is 12.8 Å². The molecule has 0 bridgehead atoms. The molecule has 0 saturated carbocycles. The van der Waals surface area contributed by atoms with Gasteiger partial charge in [0.05, 0.1) is 40.3 Å². The Bertz CT molecular complexity index is 1540. The summed E-state index contributed by atoms with van der Waals surface area (Å²) in [5.74, 6) is -2.26. The van der Waals surface area contributed by atoms with Gasteiger partial charge >= 0.3 is 11.9 Å². The van der Waals surface area contributed by atoms with E-state index in [2.05, 4.69) is 86.8 Å². The minimum Gasteiger partial charge on any atom is -0.545 e. The second-order valence-electron chi connectivity index (χ2n) is 23.7. The number of aliphatic carboxylic acids is 1. The second-order valence-corrected chi connectivity index (χ2v) is 23.7. The number of carbonyl (C=O) groups is 3. The predicted molar refractivity (Wildman–Crippen MR) is 338 cm³/mol. The molecule has 0 saturated heterocycles. The SMILES string of the molecule is CC/C=C\C/C=C\C/C=C\C/C=C\C/C=C\C/C=C\CCCCCCCCCCCCCCCCCCCCCCC(=O)OC(COC(=O)CCCCCCCCCCCCCCCCCC)COC(OCC[N+](C)(C)C)C(=O)[O-]. The summed E-state index contributed by atoms with van der Waals surface area (Å²) < 4.78 is 22.8. The Morgan fingerprint density at radius 1 is 0.388 bits per heavy atom. The van der Waals surface area contributed by atoms with Gasteiger partial charge in [0.2, 0.25) is 0 Å². The zero-order chi connectivity index (χ0) is 58.3. The molecule has 0 aliphatic rings. The van der Waals surface area contributed by atoms with Crippen molar-refractivity contribution in [3.05, 3.63) is 72.9 Å². The predicted octanol–water partition coefficient (Wildman–Crippen LogP) is 19.2. The maximum absolute atomic E-state index is 12.9. The number of carboxylic acid groups (broad SMARTS) is 1. The lowest BCUT2D eigenvalue weighted by atomic mass is 10.0. The summed E-state index contributed by atoms with van der Waals surface area (Å²) in [7, 11) is 5.93. The fraction of sp³-hybridized carbons (Fsp3) is 0.789. The van der Waals surface area contributed by atoms with E-state index in [1.165, 1.54) is 199 Å². The number of carboxylic acids is 1. The highest BCUT2D eigenvalue weighted by molar-refractivity contribution is 5.70. The van der Waals surface area contributed by atoms with Gasteiger partial charge in [-0.3, -0.25) is 9.59 Å². The van der Waals surface area contributed by atoms with Crippen molar-refractivity contribution in [2.24, 2.45) is 0 Å². The van der Waals surface area contributed by atoms with Gasteiger partial charge in [0.25, 0.3) is 0 Å². The Labute approximate surface area is 494 Å². The minimum absolute atomic E-state index is 0.149. The number of nitrogens with zero attached hydrogens (tertiary/aromatic N) is 1. The van der Waals surface area contributed by atoms with Crippen LogP contribution in [0.4, 0.5) is 0 Å². The average molecular weight is 1120 g/mol. The molecule has 2 unspecified atom stereocenters. The molecule has 0 aromatic rings. The van der Waals surface area contributed by atoms with Crippen LogP contribution in [0.5, 0.6) is 0 Å². The van der Waals surface area contributed by atoms with Gasteiger partial charge in [-0.1, -0.05) is 299 Å². The Balaban J connectivity index is 4.00. The molecule has 0 aliphatic carbocycles. The van der Waals surface area contributed by atoms with Crippen molar-refractivity contribution >= 4 is 17.9 Å². The van der Waals surface area contributed by atoms with Crippen LogP contribution in [0.3, 0.4) is 0 Å². The molecule has 80 heavy (non-hydrogen) atoms. The van der Waals surface area contributed by atoms with Crippen molar-refractivity contribution in [3.63, 3.8) is 0 Å². The van der Waals surface area contributed by atoms with Crippen LogP contribution in [0.2, 0.25) is 0 Å². The summed E-state index contributed by atoms with van der Waals surface area (Å²) in [6.45, 7) is 4.67. The van der Waals surface area contributed by atoms with E-state index in [1.54, 1.807) is 0 Å². The second kappa shape index (κ2) is 61.8. The summed E-state index contributed by atoms with van der Waals surface area (Å²) in [4.78, 5) is 37.4.